The minimum absolute atomic E-state index is 0.238. The fraction of sp³-hybridized carbons (Fsp3) is 0.0303. The predicted octanol–water partition coefficient (Wildman–Crippen LogP) is 5.48. The van der Waals surface area contributed by atoms with Crippen LogP contribution in [0.15, 0.2) is 127 Å². The Hall–Kier alpha value is -5.76. The summed E-state index contributed by atoms with van der Waals surface area (Å²) < 4.78 is 1.60. The van der Waals surface area contributed by atoms with Crippen LogP contribution in [-0.4, -0.2) is 30.4 Å². The van der Waals surface area contributed by atoms with Crippen LogP contribution in [0, 0.1) is 0 Å². The van der Waals surface area contributed by atoms with E-state index >= 15 is 0 Å². The molecule has 41 heavy (non-hydrogen) atoms. The first-order valence-corrected chi connectivity index (χ1v) is 13.0. The van der Waals surface area contributed by atoms with Gasteiger partial charge in [0, 0.05) is 43.0 Å². The van der Waals surface area contributed by atoms with Crippen LogP contribution in [0.1, 0.15) is 17.0 Å². The zero-order chi connectivity index (χ0) is 28.0. The van der Waals surface area contributed by atoms with E-state index in [2.05, 4.69) is 25.3 Å². The number of hydrogen-bond donors (Lipinski definition) is 1. The number of hydrogen-bond acceptors (Lipinski definition) is 6. The number of nitrogens with one attached hydrogen (secondary N) is 1. The maximum absolute atomic E-state index is 13.8. The highest BCUT2D eigenvalue weighted by atomic mass is 16.1. The van der Waals surface area contributed by atoms with Gasteiger partial charge in [-0.15, -0.1) is 0 Å². The monoisotopic (exact) mass is 536 g/mol. The molecule has 0 saturated heterocycles. The van der Waals surface area contributed by atoms with E-state index in [1.807, 2.05) is 84.9 Å². The molecular formula is C33H24N6O2. The number of aromatic nitrogens is 5. The SMILES string of the molecule is O=C(C=Cc1ccccn1)Nc1cccc(-c2cccc(-n3c(=O)c(Cc4cccnc4)nc4cccnc43)c2)c1. The average molecular weight is 537 g/mol. The van der Waals surface area contributed by atoms with Gasteiger partial charge in [0.15, 0.2) is 5.65 Å². The second kappa shape index (κ2) is 11.5. The molecule has 8 nitrogen and oxygen atoms in total. The van der Waals surface area contributed by atoms with E-state index in [0.717, 1.165) is 16.7 Å². The van der Waals surface area contributed by atoms with Crippen LogP contribution < -0.4 is 10.9 Å². The van der Waals surface area contributed by atoms with Crippen molar-refractivity contribution < 1.29 is 4.79 Å². The number of fused-ring (bicyclic) bond motifs is 1. The van der Waals surface area contributed by atoms with Crippen molar-refractivity contribution in [2.75, 3.05) is 5.32 Å². The van der Waals surface area contributed by atoms with Crippen molar-refractivity contribution in [3.05, 3.63) is 149 Å². The molecule has 198 valence electrons. The predicted molar refractivity (Wildman–Crippen MR) is 160 cm³/mol. The molecule has 0 radical (unpaired) electrons. The molecule has 0 bridgehead atoms. The zero-order valence-corrected chi connectivity index (χ0v) is 21.9. The Labute approximate surface area is 235 Å². The first-order valence-electron chi connectivity index (χ1n) is 13.0. The molecule has 1 N–H and O–H groups in total. The van der Waals surface area contributed by atoms with Gasteiger partial charge in [0.1, 0.15) is 11.2 Å². The summed E-state index contributed by atoms with van der Waals surface area (Å²) in [4.78, 5) is 43.8. The van der Waals surface area contributed by atoms with E-state index in [1.165, 1.54) is 6.08 Å². The minimum Gasteiger partial charge on any atom is -0.322 e. The molecule has 0 unspecified atom stereocenters. The lowest BCUT2D eigenvalue weighted by molar-refractivity contribution is -0.111. The third-order valence-corrected chi connectivity index (χ3v) is 6.44. The number of amides is 1. The van der Waals surface area contributed by atoms with E-state index in [9.17, 15) is 9.59 Å². The van der Waals surface area contributed by atoms with Crippen LogP contribution in [0.25, 0.3) is 34.1 Å². The van der Waals surface area contributed by atoms with E-state index in [1.54, 1.807) is 41.5 Å². The van der Waals surface area contributed by atoms with Gasteiger partial charge in [-0.3, -0.25) is 24.1 Å². The maximum Gasteiger partial charge on any atom is 0.278 e. The minimum atomic E-state index is -0.261. The van der Waals surface area contributed by atoms with Crippen molar-refractivity contribution in [3.63, 3.8) is 0 Å². The number of nitrogens with zero attached hydrogens (tertiary/aromatic N) is 5. The summed E-state index contributed by atoms with van der Waals surface area (Å²) in [6.07, 6.45) is 10.2. The van der Waals surface area contributed by atoms with E-state index in [4.69, 9.17) is 0 Å². The molecule has 1 amide bonds. The standard InChI is InChI=1S/C33H24N6O2/c40-31(15-14-26-10-1-2-17-35-26)37-27-11-3-8-24(20-27)25-9-4-12-28(21-25)39-32-29(13-6-18-36-32)38-30(33(39)41)19-23-7-5-16-34-22-23/h1-18,20-22H,19H2,(H,37,40). The Morgan fingerprint density at radius 2 is 1.66 bits per heavy atom. The van der Waals surface area contributed by atoms with Crippen LogP contribution in [0.5, 0.6) is 0 Å². The van der Waals surface area contributed by atoms with Crippen molar-refractivity contribution in [1.82, 2.24) is 24.5 Å². The van der Waals surface area contributed by atoms with Gasteiger partial charge < -0.3 is 5.32 Å². The average Bonchev–Trinajstić information content (AvgIpc) is 3.02. The third kappa shape index (κ3) is 5.81. The van der Waals surface area contributed by atoms with Gasteiger partial charge in [0.2, 0.25) is 5.91 Å². The highest BCUT2D eigenvalue weighted by molar-refractivity contribution is 6.02. The summed E-state index contributed by atoms with van der Waals surface area (Å²) in [5, 5.41) is 2.90. The number of rotatable bonds is 7. The Bertz CT molecular complexity index is 1940. The van der Waals surface area contributed by atoms with Crippen LogP contribution in [0.2, 0.25) is 0 Å². The second-order valence-electron chi connectivity index (χ2n) is 9.29. The van der Waals surface area contributed by atoms with Gasteiger partial charge >= 0.3 is 0 Å². The molecule has 2 aromatic carbocycles. The first-order chi connectivity index (χ1) is 20.1. The fourth-order valence-electron chi connectivity index (χ4n) is 4.54. The number of carbonyl (C=O) groups is 1. The molecule has 0 aliphatic carbocycles. The molecule has 0 fully saturated rings. The summed E-state index contributed by atoms with van der Waals surface area (Å²) in [5.74, 6) is -0.261. The van der Waals surface area contributed by atoms with Crippen molar-refractivity contribution >= 4 is 28.8 Å². The number of anilines is 1. The molecule has 0 atom stereocenters. The van der Waals surface area contributed by atoms with Crippen molar-refractivity contribution in [2.24, 2.45) is 0 Å². The van der Waals surface area contributed by atoms with Gasteiger partial charge in [-0.2, -0.15) is 0 Å². The highest BCUT2D eigenvalue weighted by Gasteiger charge is 2.15. The summed E-state index contributed by atoms with van der Waals surface area (Å²) in [6.45, 7) is 0. The first kappa shape index (κ1) is 25.5. The lowest BCUT2D eigenvalue weighted by Gasteiger charge is -2.13. The normalized spacial score (nSPS) is 11.1. The van der Waals surface area contributed by atoms with Crippen LogP contribution in [0.3, 0.4) is 0 Å². The van der Waals surface area contributed by atoms with Crippen molar-refractivity contribution in [1.29, 1.82) is 0 Å². The summed E-state index contributed by atoms with van der Waals surface area (Å²) in [7, 11) is 0. The van der Waals surface area contributed by atoms with Crippen LogP contribution in [0.4, 0.5) is 5.69 Å². The molecule has 6 rings (SSSR count). The lowest BCUT2D eigenvalue weighted by atomic mass is 10.0. The van der Waals surface area contributed by atoms with Gasteiger partial charge in [0.05, 0.1) is 11.4 Å². The van der Waals surface area contributed by atoms with Crippen molar-refractivity contribution in [2.45, 2.75) is 6.42 Å². The molecule has 4 aromatic heterocycles. The van der Waals surface area contributed by atoms with Crippen LogP contribution in [-0.2, 0) is 11.2 Å². The molecular weight excluding hydrogens is 512 g/mol. The van der Waals surface area contributed by atoms with Gasteiger partial charge in [-0.05, 0) is 77.4 Å². The summed E-state index contributed by atoms with van der Waals surface area (Å²) in [5.41, 5.74) is 5.95. The molecule has 0 spiro atoms. The smallest absolute Gasteiger partial charge is 0.278 e. The highest BCUT2D eigenvalue weighted by Crippen LogP contribution is 2.26. The molecule has 4 heterocycles. The van der Waals surface area contributed by atoms with Gasteiger partial charge in [-0.1, -0.05) is 36.4 Å². The zero-order valence-electron chi connectivity index (χ0n) is 21.9. The van der Waals surface area contributed by atoms with Gasteiger partial charge in [0.25, 0.3) is 5.56 Å². The molecule has 0 aliphatic rings. The summed E-state index contributed by atoms with van der Waals surface area (Å²) in [6, 6.07) is 28.2. The Balaban J connectivity index is 1.33. The van der Waals surface area contributed by atoms with E-state index < -0.39 is 0 Å². The Morgan fingerprint density at radius 3 is 2.49 bits per heavy atom. The number of benzene rings is 2. The van der Waals surface area contributed by atoms with E-state index in [-0.39, 0.29) is 11.5 Å². The Morgan fingerprint density at radius 1 is 0.829 bits per heavy atom. The quantitative estimate of drug-likeness (QED) is 0.271. The van der Waals surface area contributed by atoms with Crippen molar-refractivity contribution in [3.8, 4) is 16.8 Å². The van der Waals surface area contributed by atoms with Gasteiger partial charge in [-0.25, -0.2) is 9.97 Å². The topological polar surface area (TPSA) is 103 Å². The molecule has 0 aliphatic heterocycles. The fourth-order valence-corrected chi connectivity index (χ4v) is 4.54. The maximum atomic E-state index is 13.8. The molecule has 8 heteroatoms. The largest absolute Gasteiger partial charge is 0.322 e. The van der Waals surface area contributed by atoms with E-state index in [0.29, 0.717) is 40.3 Å². The second-order valence-corrected chi connectivity index (χ2v) is 9.29. The number of carbonyl (C=O) groups excluding carboxylic acids is 1. The third-order valence-electron chi connectivity index (χ3n) is 6.44. The number of pyridine rings is 3. The van der Waals surface area contributed by atoms with Crippen LogP contribution >= 0.6 is 0 Å². The molecule has 0 saturated carbocycles. The summed E-state index contributed by atoms with van der Waals surface area (Å²) >= 11 is 0. The Kier molecular flexibility index (Phi) is 7.19. The molecule has 6 aromatic rings. The lowest BCUT2D eigenvalue weighted by Crippen LogP contribution is -2.25.